The van der Waals surface area contributed by atoms with Crippen LogP contribution in [0.25, 0.3) is 0 Å². The molecule has 0 radical (unpaired) electrons. The van der Waals surface area contributed by atoms with Crippen molar-refractivity contribution in [1.82, 2.24) is 5.43 Å². The van der Waals surface area contributed by atoms with Gasteiger partial charge in [0, 0.05) is 12.3 Å². The number of sulfone groups is 1. The molecule has 1 aromatic carbocycles. The second kappa shape index (κ2) is 7.03. The number of hydrogen-bond donors (Lipinski definition) is 2. The molecule has 3 N–H and O–H groups in total. The third-order valence-corrected chi connectivity index (χ3v) is 4.27. The Bertz CT molecular complexity index is 498. The van der Waals surface area contributed by atoms with E-state index in [-0.39, 0.29) is 6.04 Å². The van der Waals surface area contributed by atoms with Crippen molar-refractivity contribution >= 4 is 9.84 Å². The first-order valence-electron chi connectivity index (χ1n) is 6.60. The summed E-state index contributed by atoms with van der Waals surface area (Å²) >= 11 is 0. The van der Waals surface area contributed by atoms with Crippen molar-refractivity contribution in [3.05, 3.63) is 29.8 Å². The second-order valence-corrected chi connectivity index (χ2v) is 7.40. The zero-order chi connectivity index (χ0) is 14.5. The van der Waals surface area contributed by atoms with Gasteiger partial charge in [0.25, 0.3) is 0 Å². The van der Waals surface area contributed by atoms with Gasteiger partial charge >= 0.3 is 0 Å². The van der Waals surface area contributed by atoms with Crippen molar-refractivity contribution in [2.24, 2.45) is 11.8 Å². The number of hydrazine groups is 1. The van der Waals surface area contributed by atoms with Crippen LogP contribution in [0.1, 0.15) is 44.7 Å². The van der Waals surface area contributed by atoms with Crippen LogP contribution in [0.5, 0.6) is 0 Å². The molecule has 1 rings (SSSR count). The molecule has 0 fully saturated rings. The molecule has 1 atom stereocenters. The summed E-state index contributed by atoms with van der Waals surface area (Å²) in [6.07, 6.45) is 4.33. The third-order valence-electron chi connectivity index (χ3n) is 3.16. The predicted molar refractivity (Wildman–Crippen MR) is 78.3 cm³/mol. The van der Waals surface area contributed by atoms with E-state index >= 15 is 0 Å². The van der Waals surface area contributed by atoms with Crippen LogP contribution >= 0.6 is 0 Å². The Morgan fingerprint density at radius 1 is 1.26 bits per heavy atom. The van der Waals surface area contributed by atoms with Gasteiger partial charge in [-0.15, -0.1) is 0 Å². The summed E-state index contributed by atoms with van der Waals surface area (Å²) in [5.41, 5.74) is 3.70. The zero-order valence-electron chi connectivity index (χ0n) is 11.9. The van der Waals surface area contributed by atoms with E-state index in [1.165, 1.54) is 6.26 Å². The van der Waals surface area contributed by atoms with Crippen LogP contribution in [0.4, 0.5) is 0 Å². The Hall–Kier alpha value is -0.910. The van der Waals surface area contributed by atoms with Gasteiger partial charge in [0.05, 0.1) is 4.90 Å². The molecule has 1 aromatic rings. The predicted octanol–water partition coefficient (Wildman–Crippen LogP) is 2.42. The van der Waals surface area contributed by atoms with Crippen molar-refractivity contribution in [3.8, 4) is 0 Å². The molecule has 19 heavy (non-hydrogen) atoms. The fraction of sp³-hybridized carbons (Fsp3) is 0.571. The van der Waals surface area contributed by atoms with E-state index < -0.39 is 9.84 Å². The number of rotatable bonds is 7. The topological polar surface area (TPSA) is 72.2 Å². The van der Waals surface area contributed by atoms with Crippen LogP contribution in [0.2, 0.25) is 0 Å². The van der Waals surface area contributed by atoms with Gasteiger partial charge in [-0.3, -0.25) is 11.3 Å². The van der Waals surface area contributed by atoms with Gasteiger partial charge < -0.3 is 0 Å². The van der Waals surface area contributed by atoms with E-state index in [9.17, 15) is 8.42 Å². The van der Waals surface area contributed by atoms with E-state index in [2.05, 4.69) is 19.3 Å². The van der Waals surface area contributed by atoms with Crippen LogP contribution in [-0.2, 0) is 9.84 Å². The van der Waals surface area contributed by atoms with Crippen molar-refractivity contribution in [1.29, 1.82) is 0 Å². The number of nitrogens with one attached hydrogen (secondary N) is 1. The summed E-state index contributed by atoms with van der Waals surface area (Å²) in [6, 6.07) is 6.99. The van der Waals surface area contributed by atoms with Gasteiger partial charge in [-0.25, -0.2) is 8.42 Å². The maximum atomic E-state index is 11.5. The summed E-state index contributed by atoms with van der Waals surface area (Å²) in [5.74, 6) is 6.25. The van der Waals surface area contributed by atoms with Crippen molar-refractivity contribution in [3.63, 3.8) is 0 Å². The normalized spacial score (nSPS) is 13.7. The van der Waals surface area contributed by atoms with Gasteiger partial charge in [-0.1, -0.05) is 38.8 Å². The van der Waals surface area contributed by atoms with Crippen LogP contribution in [0.3, 0.4) is 0 Å². The highest BCUT2D eigenvalue weighted by molar-refractivity contribution is 7.90. The lowest BCUT2D eigenvalue weighted by Gasteiger charge is -2.17. The first kappa shape index (κ1) is 16.1. The van der Waals surface area contributed by atoms with Crippen LogP contribution in [0, 0.1) is 5.92 Å². The minimum absolute atomic E-state index is 0.000417. The monoisotopic (exact) mass is 284 g/mol. The highest BCUT2D eigenvalue weighted by atomic mass is 32.2. The Morgan fingerprint density at radius 3 is 2.47 bits per heavy atom. The van der Waals surface area contributed by atoms with Gasteiger partial charge in [0.15, 0.2) is 9.84 Å². The molecule has 0 aromatic heterocycles. The molecule has 0 aliphatic carbocycles. The maximum Gasteiger partial charge on any atom is 0.175 e. The SMILES string of the molecule is CC(C)CCCC(NN)c1cccc(S(C)(=O)=O)c1. The van der Waals surface area contributed by atoms with Gasteiger partial charge in [-0.2, -0.15) is 0 Å². The number of hydrogen-bond acceptors (Lipinski definition) is 4. The molecule has 1 unspecified atom stereocenters. The smallest absolute Gasteiger partial charge is 0.175 e. The molecule has 0 heterocycles. The Kier molecular flexibility index (Phi) is 5.97. The summed E-state index contributed by atoms with van der Waals surface area (Å²) < 4.78 is 23.1. The molecule has 0 spiro atoms. The third kappa shape index (κ3) is 5.30. The maximum absolute atomic E-state index is 11.5. The first-order valence-corrected chi connectivity index (χ1v) is 8.50. The quantitative estimate of drug-likeness (QED) is 0.596. The molecular formula is C14H24N2O2S. The fourth-order valence-corrected chi connectivity index (χ4v) is 2.71. The minimum atomic E-state index is -3.17. The summed E-state index contributed by atoms with van der Waals surface area (Å²) in [6.45, 7) is 4.38. The molecule has 5 heteroatoms. The Labute approximate surface area is 116 Å². The largest absolute Gasteiger partial charge is 0.271 e. The average Bonchev–Trinajstić information content (AvgIpc) is 2.33. The second-order valence-electron chi connectivity index (χ2n) is 5.39. The van der Waals surface area contributed by atoms with Crippen molar-refractivity contribution in [2.75, 3.05) is 6.26 Å². The van der Waals surface area contributed by atoms with Crippen molar-refractivity contribution in [2.45, 2.75) is 44.0 Å². The van der Waals surface area contributed by atoms with Gasteiger partial charge in [0.1, 0.15) is 0 Å². The van der Waals surface area contributed by atoms with E-state index in [1.807, 2.05) is 6.07 Å². The highest BCUT2D eigenvalue weighted by Crippen LogP contribution is 2.22. The standard InChI is InChI=1S/C14H24N2O2S/c1-11(2)6-4-9-14(16-15)12-7-5-8-13(10-12)19(3,17)18/h5,7-8,10-11,14,16H,4,6,9,15H2,1-3H3. The molecule has 0 amide bonds. The first-order chi connectivity index (χ1) is 8.84. The molecular weight excluding hydrogens is 260 g/mol. The van der Waals surface area contributed by atoms with Gasteiger partial charge in [-0.05, 0) is 30.0 Å². The van der Waals surface area contributed by atoms with Crippen LogP contribution in [0.15, 0.2) is 29.2 Å². The average molecular weight is 284 g/mol. The van der Waals surface area contributed by atoms with E-state index in [0.717, 1.165) is 24.8 Å². The highest BCUT2D eigenvalue weighted by Gasteiger charge is 2.13. The molecule has 0 bridgehead atoms. The summed E-state index contributed by atoms with van der Waals surface area (Å²) in [4.78, 5) is 0.342. The Morgan fingerprint density at radius 2 is 1.95 bits per heavy atom. The lowest BCUT2D eigenvalue weighted by Crippen LogP contribution is -2.28. The van der Waals surface area contributed by atoms with E-state index in [1.54, 1.807) is 18.2 Å². The lowest BCUT2D eigenvalue weighted by molar-refractivity contribution is 0.454. The summed E-state index contributed by atoms with van der Waals surface area (Å²) in [5, 5.41) is 0. The molecule has 0 saturated heterocycles. The minimum Gasteiger partial charge on any atom is -0.271 e. The molecule has 0 aliphatic rings. The van der Waals surface area contributed by atoms with Crippen LogP contribution in [-0.4, -0.2) is 14.7 Å². The fourth-order valence-electron chi connectivity index (χ4n) is 2.04. The zero-order valence-corrected chi connectivity index (χ0v) is 12.7. The molecule has 4 nitrogen and oxygen atoms in total. The lowest BCUT2D eigenvalue weighted by atomic mass is 9.98. The molecule has 108 valence electrons. The molecule has 0 saturated carbocycles. The van der Waals surface area contributed by atoms with Gasteiger partial charge in [0.2, 0.25) is 0 Å². The molecule has 0 aliphatic heterocycles. The van der Waals surface area contributed by atoms with Crippen molar-refractivity contribution < 1.29 is 8.42 Å². The van der Waals surface area contributed by atoms with E-state index in [0.29, 0.717) is 10.8 Å². The Balaban J connectivity index is 2.81. The summed E-state index contributed by atoms with van der Waals surface area (Å²) in [7, 11) is -3.17. The number of nitrogens with two attached hydrogens (primary N) is 1. The van der Waals surface area contributed by atoms with Crippen LogP contribution < -0.4 is 11.3 Å². The number of benzene rings is 1. The van der Waals surface area contributed by atoms with E-state index in [4.69, 9.17) is 5.84 Å².